The van der Waals surface area contributed by atoms with Crippen LogP contribution in [0, 0.1) is 17.5 Å². The highest BCUT2D eigenvalue weighted by molar-refractivity contribution is 9.10. The summed E-state index contributed by atoms with van der Waals surface area (Å²) in [5.74, 6) is -2.66. The third-order valence-electron chi connectivity index (χ3n) is 20.0. The van der Waals surface area contributed by atoms with Gasteiger partial charge in [-0.3, -0.25) is 29.4 Å². The van der Waals surface area contributed by atoms with Gasteiger partial charge < -0.3 is 19.9 Å². The number of ether oxygens (including phenoxy) is 3. The molecular formula is C69H103Br2F3N10O9S3Si. The van der Waals surface area contributed by atoms with Gasteiger partial charge in [0.15, 0.2) is 0 Å². The fourth-order valence-electron chi connectivity index (χ4n) is 14.5. The average Bonchev–Trinajstić information content (AvgIpc) is 0.715. The number of anilines is 1. The molecular weight excluding hydrogens is 1450 g/mol. The first kappa shape index (κ1) is 79.8. The third kappa shape index (κ3) is 15.5. The van der Waals surface area contributed by atoms with E-state index in [-0.39, 0.29) is 48.0 Å². The number of carbonyl (C=O) groups is 3. The van der Waals surface area contributed by atoms with Crippen LogP contribution >= 0.6 is 31.9 Å². The van der Waals surface area contributed by atoms with Crippen LogP contribution in [0.4, 0.5) is 19.0 Å². The Balaban J connectivity index is 0.000000207. The van der Waals surface area contributed by atoms with Gasteiger partial charge in [-0.15, -0.1) is 0 Å². The molecule has 97 heavy (non-hydrogen) atoms. The van der Waals surface area contributed by atoms with E-state index in [0.717, 1.165) is 42.6 Å². The molecule has 0 unspecified atom stereocenters. The molecule has 0 amide bonds. The van der Waals surface area contributed by atoms with Crippen molar-refractivity contribution in [2.24, 2.45) is 28.1 Å². The lowest BCUT2D eigenvalue weighted by molar-refractivity contribution is -0.154. The average molecular weight is 1560 g/mol. The van der Waals surface area contributed by atoms with E-state index in [9.17, 15) is 35.8 Å². The Bertz CT molecular complexity index is 3910. The lowest BCUT2D eigenvalue weighted by Crippen LogP contribution is -2.59. The lowest BCUT2D eigenvalue weighted by atomic mass is 9.87. The van der Waals surface area contributed by atoms with Gasteiger partial charge in [-0.25, -0.2) is 53.8 Å². The Kier molecular flexibility index (Phi) is 23.3. The molecule has 9 heterocycles. The first-order valence-corrected chi connectivity index (χ1v) is 42.6. The van der Waals surface area contributed by atoms with Crippen LogP contribution in [0.15, 0.2) is 67.6 Å². The quantitative estimate of drug-likeness (QED) is 0.0722. The van der Waals surface area contributed by atoms with Gasteiger partial charge in [0.1, 0.15) is 83.0 Å². The number of halogens is 5. The Morgan fingerprint density at radius 3 is 1.15 bits per heavy atom. The number of carbonyl (C=O) groups excluding carboxylic acids is 3. The molecule has 0 aromatic carbocycles. The first-order valence-electron chi connectivity index (χ1n) is 33.6. The van der Waals surface area contributed by atoms with Crippen molar-refractivity contribution >= 4 is 115 Å². The Labute approximate surface area is 592 Å². The molecule has 0 saturated heterocycles. The summed E-state index contributed by atoms with van der Waals surface area (Å²) in [6.45, 7) is 40.2. The molecule has 9 rings (SSSR count). The molecule has 6 aliphatic rings. The van der Waals surface area contributed by atoms with Gasteiger partial charge in [-0.2, -0.15) is 0 Å². The number of pyridine rings is 3. The summed E-state index contributed by atoms with van der Waals surface area (Å²) in [7, 11) is -10.8. The van der Waals surface area contributed by atoms with Crippen molar-refractivity contribution in [3.8, 4) is 0 Å². The highest BCUT2D eigenvalue weighted by Crippen LogP contribution is 2.52. The van der Waals surface area contributed by atoms with Crippen molar-refractivity contribution in [1.82, 2.24) is 15.0 Å². The molecule has 540 valence electrons. The summed E-state index contributed by atoms with van der Waals surface area (Å²) in [5, 5.41) is -0.824. The van der Waals surface area contributed by atoms with Crippen LogP contribution in [0.2, 0.25) is 18.1 Å². The molecule has 6 aliphatic heterocycles. The van der Waals surface area contributed by atoms with E-state index < -0.39 is 130 Å². The fourth-order valence-corrected chi connectivity index (χ4v) is 29.1. The highest BCUT2D eigenvalue weighted by Gasteiger charge is 2.61. The van der Waals surface area contributed by atoms with Crippen molar-refractivity contribution in [1.29, 1.82) is 0 Å². The number of nitrogen functional groups attached to an aromatic ring is 1. The van der Waals surface area contributed by atoms with E-state index in [1.165, 1.54) is 24.3 Å². The predicted molar refractivity (Wildman–Crippen MR) is 393 cm³/mol. The van der Waals surface area contributed by atoms with Gasteiger partial charge in [-0.05, 0) is 231 Å². The molecule has 0 spiro atoms. The number of aromatic nitrogens is 3. The van der Waals surface area contributed by atoms with Gasteiger partial charge >= 0.3 is 17.9 Å². The van der Waals surface area contributed by atoms with Crippen molar-refractivity contribution in [3.63, 3.8) is 0 Å². The molecule has 0 fully saturated rings. The molecule has 3 aromatic rings. The number of rotatable bonds is 13. The van der Waals surface area contributed by atoms with E-state index in [0.29, 0.717) is 65.2 Å². The number of nitrogens with zero attached hydrogens (tertiary/aromatic N) is 9. The maximum absolute atomic E-state index is 16.7. The van der Waals surface area contributed by atoms with Gasteiger partial charge in [0.05, 0.1) is 86.5 Å². The molecule has 28 heteroatoms. The van der Waals surface area contributed by atoms with E-state index in [4.69, 9.17) is 39.3 Å². The summed E-state index contributed by atoms with van der Waals surface area (Å²) >= 11 is 6.86. The monoisotopic (exact) mass is 1550 g/mol. The number of hydrogen-bond acceptors (Lipinski definition) is 19. The zero-order chi connectivity index (χ0) is 73.1. The fraction of sp³-hybridized carbons (Fsp3) is 0.696. The molecule has 0 bridgehead atoms. The van der Waals surface area contributed by atoms with Crippen LogP contribution in [0.25, 0.3) is 0 Å². The number of hydrogen-bond donors (Lipinski definition) is 1. The lowest BCUT2D eigenvalue weighted by Gasteiger charge is -2.49. The van der Waals surface area contributed by atoms with Crippen molar-refractivity contribution in [2.75, 3.05) is 25.4 Å². The first-order chi connectivity index (χ1) is 44.4. The Hall–Kier alpha value is -4.51. The largest absolute Gasteiger partial charge is 0.460 e. The van der Waals surface area contributed by atoms with Crippen molar-refractivity contribution < 1.29 is 54.4 Å². The Morgan fingerprint density at radius 2 is 0.825 bits per heavy atom. The summed E-state index contributed by atoms with van der Waals surface area (Å²) in [4.78, 5) is 66.3. The van der Waals surface area contributed by atoms with Gasteiger partial charge in [-0.1, -0.05) is 38.9 Å². The maximum atomic E-state index is 16.7. The molecule has 2 N–H and O–H groups in total. The SMILES string of the molecule is CC(C)(C)OC(=O)CC1=N[C@](C)(c2nc(Br)ccc2F)[C@@H]2CCCN=[S@]2(=O)C1(C)C.CC(C)(C)OC(=O)CC1=N[C@](C)(c2nc(N)ccc2F)[C@@H]2CCCN=[S@]2(=O)C1(C)C.CC[Si](CC)(CC)c1cc(Br)nc([C@@]2(C)N=C(CC(=O)OC(C)(C)C)C(C)(C)[S@@]3(=O)=NCCC[C@@H]23)c1F. The van der Waals surface area contributed by atoms with Gasteiger partial charge in [0, 0.05) is 36.8 Å². The third-order valence-corrected chi connectivity index (χ3v) is 37.6. The van der Waals surface area contributed by atoms with Crippen LogP contribution < -0.4 is 10.9 Å². The van der Waals surface area contributed by atoms with E-state index in [1.807, 2.05) is 61.5 Å². The van der Waals surface area contributed by atoms with Crippen LogP contribution in [0.1, 0.15) is 220 Å². The number of fused-ring (bicyclic) bond motifs is 3. The van der Waals surface area contributed by atoms with Crippen LogP contribution in [0.3, 0.4) is 0 Å². The van der Waals surface area contributed by atoms with E-state index in [1.54, 1.807) is 69.2 Å². The normalized spacial score (nSPS) is 29.5. The number of nitrogens with two attached hydrogens (primary N) is 1. The summed E-state index contributed by atoms with van der Waals surface area (Å²) in [5.41, 5.74) is 1.74. The van der Waals surface area contributed by atoms with Crippen molar-refractivity contribution in [3.05, 3.63) is 74.1 Å². The molecule has 9 atom stereocenters. The summed E-state index contributed by atoms with van der Waals surface area (Å²) in [6, 6.07) is 10.0. The second kappa shape index (κ2) is 28.4. The van der Waals surface area contributed by atoms with Gasteiger partial charge in [0.25, 0.3) is 0 Å². The number of esters is 3. The van der Waals surface area contributed by atoms with Crippen LogP contribution in [-0.2, 0) is 74.4 Å². The van der Waals surface area contributed by atoms with E-state index in [2.05, 4.69) is 76.3 Å². The zero-order valence-electron chi connectivity index (χ0n) is 60.6. The maximum Gasteiger partial charge on any atom is 0.312 e. The molecule has 0 aliphatic carbocycles. The predicted octanol–water partition coefficient (Wildman–Crippen LogP) is 14.9. The van der Waals surface area contributed by atoms with Crippen LogP contribution in [0.5, 0.6) is 0 Å². The summed E-state index contributed by atoms with van der Waals surface area (Å²) < 4.78 is 118. The summed E-state index contributed by atoms with van der Waals surface area (Å²) in [6.07, 6.45) is 3.60. The van der Waals surface area contributed by atoms with Crippen LogP contribution in [-0.4, -0.2) is 137 Å². The smallest absolute Gasteiger partial charge is 0.312 e. The topological polar surface area (TPSA) is 269 Å². The Morgan fingerprint density at radius 1 is 0.515 bits per heavy atom. The minimum Gasteiger partial charge on any atom is -0.460 e. The molecule has 0 saturated carbocycles. The standard InChI is InChI=1S/C27H43BrFN3O3SSi.C21H29BrFN3O3S.C21H31FN4O3S/c1-10-37(11-2,12-3)18-16-21(28)31-24(23(18)29)27(9)20-14-13-15-30-36(20,34)26(7,8)19(32-27)17-22(33)35-25(4,5)6;1-19(2,3)29-17(27)12-14-20(4,5)30(28)15(8-7-11-24-30)21(6,26-14)18-13(23)9-10-16(22)25-18;1-19(2,3)29-17(27)12-14-20(4,5)30(28)15(8-7-11-24-30)21(6,26-14)18-13(22)9-10-16(23)25-18/h16,20H,10-15,17H2,1-9H3;9-10,15H,7-8,11-12H2,1-6H3;9-10,15H,7-8,11-12H2,1-6H3,(H2,23,25)/t20-,27-,36+;2*15-,21-,30+/m000/s1. The molecule has 0 radical (unpaired) electrons. The second-order valence-electron chi connectivity index (χ2n) is 31.1. The van der Waals surface area contributed by atoms with Gasteiger partial charge in [0.2, 0.25) is 0 Å². The second-order valence-corrected chi connectivity index (χ2v) is 46.9. The van der Waals surface area contributed by atoms with Crippen molar-refractivity contribution in [2.45, 2.75) is 285 Å². The number of aliphatic imine (C=N–C) groups is 3. The zero-order valence-corrected chi connectivity index (χ0v) is 67.2. The molecule has 3 aromatic heterocycles. The minimum atomic E-state index is -2.92. The highest BCUT2D eigenvalue weighted by atomic mass is 79.9. The molecule has 19 nitrogen and oxygen atoms in total. The van der Waals surface area contributed by atoms with E-state index >= 15 is 4.39 Å². The minimum absolute atomic E-state index is 0.0366.